The molecule has 0 N–H and O–H groups in total. The topological polar surface area (TPSA) is 76.4 Å². The average Bonchev–Trinajstić information content (AvgIpc) is 2.87. The van der Waals surface area contributed by atoms with Crippen LogP contribution in [0.5, 0.6) is 0 Å². The first-order valence-corrected chi connectivity index (χ1v) is 7.67. The summed E-state index contributed by atoms with van der Waals surface area (Å²) >= 11 is 5.96. The summed E-state index contributed by atoms with van der Waals surface area (Å²) in [5.74, 6) is 0.661. The number of nitriles is 1. The van der Waals surface area contributed by atoms with E-state index < -0.39 is 0 Å². The molecular formula is C14H17ClN6O. The summed E-state index contributed by atoms with van der Waals surface area (Å²) in [6.07, 6.45) is 3.55. The Morgan fingerprint density at radius 2 is 2.23 bits per heavy atom. The lowest BCUT2D eigenvalue weighted by molar-refractivity contribution is 0.175. The lowest BCUT2D eigenvalue weighted by atomic mass is 10.0. The molecule has 0 spiro atoms. The Balaban J connectivity index is 1.75. The number of hydrogen-bond acceptors (Lipinski definition) is 5. The second kappa shape index (κ2) is 5.97. The SMILES string of the molecule is CN1CCN(C2CCCN(c3cnc(C#N)c(Cl)n3)C2)C1=O. The van der Waals surface area contributed by atoms with Crippen LogP contribution in [0.25, 0.3) is 0 Å². The van der Waals surface area contributed by atoms with Crippen LogP contribution in [0.1, 0.15) is 18.5 Å². The number of urea groups is 1. The molecule has 1 aromatic rings. The van der Waals surface area contributed by atoms with Crippen LogP contribution in [-0.2, 0) is 0 Å². The van der Waals surface area contributed by atoms with Crippen molar-refractivity contribution in [2.45, 2.75) is 18.9 Å². The van der Waals surface area contributed by atoms with E-state index in [0.717, 1.165) is 39.0 Å². The predicted molar refractivity (Wildman–Crippen MR) is 81.7 cm³/mol. The molecule has 1 unspecified atom stereocenters. The largest absolute Gasteiger partial charge is 0.353 e. The first-order chi connectivity index (χ1) is 10.6. The standard InChI is InChI=1S/C14H17ClN6O/c1-19-5-6-21(14(19)22)10-3-2-4-20(9-10)12-8-17-11(7-16)13(15)18-12/h8,10H,2-6,9H2,1H3. The lowest BCUT2D eigenvalue weighted by Crippen LogP contribution is -2.49. The molecule has 0 radical (unpaired) electrons. The molecule has 3 heterocycles. The van der Waals surface area contributed by atoms with Crippen LogP contribution < -0.4 is 4.90 Å². The molecule has 116 valence electrons. The molecule has 2 aliphatic heterocycles. The Morgan fingerprint density at radius 3 is 2.86 bits per heavy atom. The van der Waals surface area contributed by atoms with Gasteiger partial charge in [-0.1, -0.05) is 11.6 Å². The lowest BCUT2D eigenvalue weighted by Gasteiger charge is -2.37. The molecule has 0 aromatic carbocycles. The van der Waals surface area contributed by atoms with Gasteiger partial charge in [0.25, 0.3) is 0 Å². The number of carbonyl (C=O) groups excluding carboxylic acids is 1. The number of nitrogens with zero attached hydrogens (tertiary/aromatic N) is 6. The first kappa shape index (κ1) is 14.9. The zero-order valence-electron chi connectivity index (χ0n) is 12.4. The highest BCUT2D eigenvalue weighted by atomic mass is 35.5. The summed E-state index contributed by atoms with van der Waals surface area (Å²) < 4.78 is 0. The molecule has 0 saturated carbocycles. The minimum Gasteiger partial charge on any atom is -0.353 e. The third-order valence-electron chi connectivity index (χ3n) is 4.23. The van der Waals surface area contributed by atoms with E-state index in [1.165, 1.54) is 0 Å². The maximum atomic E-state index is 12.1. The molecule has 7 nitrogen and oxygen atoms in total. The van der Waals surface area contributed by atoms with Crippen molar-refractivity contribution < 1.29 is 4.79 Å². The minimum atomic E-state index is 0.0933. The van der Waals surface area contributed by atoms with Gasteiger partial charge in [0.2, 0.25) is 0 Å². The van der Waals surface area contributed by atoms with Gasteiger partial charge in [-0.15, -0.1) is 0 Å². The summed E-state index contributed by atoms with van der Waals surface area (Å²) in [7, 11) is 1.83. The predicted octanol–water partition coefficient (Wildman–Crippen LogP) is 1.34. The van der Waals surface area contributed by atoms with Gasteiger partial charge in [0, 0.05) is 33.2 Å². The second-order valence-electron chi connectivity index (χ2n) is 5.62. The third-order valence-corrected chi connectivity index (χ3v) is 4.50. The highest BCUT2D eigenvalue weighted by Crippen LogP contribution is 2.24. The number of hydrogen-bond donors (Lipinski definition) is 0. The van der Waals surface area contributed by atoms with Gasteiger partial charge in [-0.2, -0.15) is 5.26 Å². The van der Waals surface area contributed by atoms with E-state index in [4.69, 9.17) is 16.9 Å². The van der Waals surface area contributed by atoms with Crippen LogP contribution in [-0.4, -0.2) is 65.1 Å². The maximum absolute atomic E-state index is 12.1. The smallest absolute Gasteiger partial charge is 0.320 e. The summed E-state index contributed by atoms with van der Waals surface area (Å²) in [6, 6.07) is 2.18. The molecule has 1 atom stereocenters. The van der Waals surface area contributed by atoms with Crippen LogP contribution >= 0.6 is 11.6 Å². The van der Waals surface area contributed by atoms with Crippen molar-refractivity contribution in [2.24, 2.45) is 0 Å². The van der Waals surface area contributed by atoms with Gasteiger partial charge < -0.3 is 14.7 Å². The normalized spacial score (nSPS) is 22.1. The molecular weight excluding hydrogens is 304 g/mol. The number of anilines is 1. The van der Waals surface area contributed by atoms with Gasteiger partial charge in [0.1, 0.15) is 11.9 Å². The van der Waals surface area contributed by atoms with Crippen LogP contribution in [0.4, 0.5) is 10.6 Å². The molecule has 1 aromatic heterocycles. The van der Waals surface area contributed by atoms with Gasteiger partial charge >= 0.3 is 6.03 Å². The molecule has 2 amide bonds. The molecule has 2 fully saturated rings. The van der Waals surface area contributed by atoms with Gasteiger partial charge in [-0.25, -0.2) is 14.8 Å². The number of likely N-dealkylation sites (N-methyl/N-ethyl adjacent to an activating group) is 1. The Labute approximate surface area is 134 Å². The number of aromatic nitrogens is 2. The van der Waals surface area contributed by atoms with E-state index >= 15 is 0 Å². The number of carbonyl (C=O) groups is 1. The van der Waals surface area contributed by atoms with E-state index in [2.05, 4.69) is 14.9 Å². The van der Waals surface area contributed by atoms with Crippen molar-refractivity contribution in [1.82, 2.24) is 19.8 Å². The fourth-order valence-corrected chi connectivity index (χ4v) is 3.19. The summed E-state index contributed by atoms with van der Waals surface area (Å²) in [4.78, 5) is 26.2. The van der Waals surface area contributed by atoms with Gasteiger partial charge in [-0.3, -0.25) is 0 Å². The molecule has 2 saturated heterocycles. The third kappa shape index (κ3) is 2.66. The zero-order valence-corrected chi connectivity index (χ0v) is 13.1. The van der Waals surface area contributed by atoms with Crippen molar-refractivity contribution in [3.8, 4) is 6.07 Å². The molecule has 8 heteroatoms. The average molecular weight is 321 g/mol. The number of halogens is 1. The van der Waals surface area contributed by atoms with Crippen molar-refractivity contribution >= 4 is 23.4 Å². The van der Waals surface area contributed by atoms with Crippen LogP contribution in [0, 0.1) is 11.3 Å². The quantitative estimate of drug-likeness (QED) is 0.822. The molecule has 0 aliphatic carbocycles. The Morgan fingerprint density at radius 1 is 1.41 bits per heavy atom. The first-order valence-electron chi connectivity index (χ1n) is 7.29. The molecule has 22 heavy (non-hydrogen) atoms. The van der Waals surface area contributed by atoms with Crippen LogP contribution in [0.3, 0.4) is 0 Å². The summed E-state index contributed by atoms with van der Waals surface area (Å²) in [6.45, 7) is 3.12. The maximum Gasteiger partial charge on any atom is 0.320 e. The Kier molecular flexibility index (Phi) is 4.03. The van der Waals surface area contributed by atoms with Crippen molar-refractivity contribution in [3.05, 3.63) is 17.0 Å². The van der Waals surface area contributed by atoms with E-state index in [1.54, 1.807) is 11.1 Å². The van der Waals surface area contributed by atoms with Crippen molar-refractivity contribution in [3.63, 3.8) is 0 Å². The second-order valence-corrected chi connectivity index (χ2v) is 5.98. The monoisotopic (exact) mass is 320 g/mol. The summed E-state index contributed by atoms with van der Waals surface area (Å²) in [5.41, 5.74) is 0.135. The molecule has 0 bridgehead atoms. The van der Waals surface area contributed by atoms with E-state index in [-0.39, 0.29) is 22.9 Å². The van der Waals surface area contributed by atoms with E-state index in [9.17, 15) is 4.79 Å². The van der Waals surface area contributed by atoms with Gasteiger partial charge in [-0.05, 0) is 12.8 Å². The zero-order chi connectivity index (χ0) is 15.7. The number of rotatable bonds is 2. The fraction of sp³-hybridized carbons (Fsp3) is 0.571. The minimum absolute atomic E-state index is 0.0933. The Hall–Kier alpha value is -2.07. The van der Waals surface area contributed by atoms with E-state index in [1.807, 2.05) is 18.0 Å². The van der Waals surface area contributed by atoms with Crippen LogP contribution in [0.15, 0.2) is 6.20 Å². The van der Waals surface area contributed by atoms with Gasteiger partial charge in [0.05, 0.1) is 12.2 Å². The van der Waals surface area contributed by atoms with Crippen molar-refractivity contribution in [2.75, 3.05) is 38.1 Å². The van der Waals surface area contributed by atoms with E-state index in [0.29, 0.717) is 5.82 Å². The van der Waals surface area contributed by atoms with Crippen molar-refractivity contribution in [1.29, 1.82) is 5.26 Å². The number of amides is 2. The molecule has 3 rings (SSSR count). The van der Waals surface area contributed by atoms with Gasteiger partial charge in [0.15, 0.2) is 10.8 Å². The molecule has 2 aliphatic rings. The number of piperidine rings is 1. The Bertz CT molecular complexity index is 630. The fourth-order valence-electron chi connectivity index (χ4n) is 3.01. The highest BCUT2D eigenvalue weighted by molar-refractivity contribution is 6.30. The van der Waals surface area contributed by atoms with Crippen LogP contribution in [0.2, 0.25) is 5.15 Å². The summed E-state index contributed by atoms with van der Waals surface area (Å²) in [5, 5.41) is 8.98. The highest BCUT2D eigenvalue weighted by Gasteiger charge is 2.34.